The van der Waals surface area contributed by atoms with Crippen LogP contribution in [0.25, 0.3) is 0 Å². The number of benzene rings is 2. The Hall–Kier alpha value is -2.51. The minimum Gasteiger partial charge on any atom is -0.465 e. The average Bonchev–Trinajstić information content (AvgIpc) is 3.11. The van der Waals surface area contributed by atoms with Gasteiger partial charge in [-0.2, -0.15) is 0 Å². The number of fused-ring (bicyclic) bond motifs is 1. The van der Waals surface area contributed by atoms with E-state index in [-0.39, 0.29) is 5.54 Å². The zero-order valence-corrected chi connectivity index (χ0v) is 17.0. The molecule has 0 saturated carbocycles. The van der Waals surface area contributed by atoms with Gasteiger partial charge in [0, 0.05) is 32.2 Å². The summed E-state index contributed by atoms with van der Waals surface area (Å²) in [5, 5.41) is 9.28. The van der Waals surface area contributed by atoms with Gasteiger partial charge in [-0.1, -0.05) is 24.3 Å². The quantitative estimate of drug-likeness (QED) is 0.795. The predicted octanol–water partition coefficient (Wildman–Crippen LogP) is 4.18. The van der Waals surface area contributed by atoms with Crippen molar-refractivity contribution >= 4 is 6.09 Å². The highest BCUT2D eigenvalue weighted by Gasteiger charge is 2.45. The van der Waals surface area contributed by atoms with Crippen LogP contribution in [0, 0.1) is 11.6 Å². The van der Waals surface area contributed by atoms with Gasteiger partial charge in [0.25, 0.3) is 0 Å². The Balaban J connectivity index is 1.57. The van der Waals surface area contributed by atoms with Gasteiger partial charge in [0.2, 0.25) is 0 Å². The molecule has 2 aromatic carbocycles. The normalized spacial score (nSPS) is 22.7. The van der Waals surface area contributed by atoms with E-state index >= 15 is 0 Å². The minimum atomic E-state index is -0.895. The highest BCUT2D eigenvalue weighted by Crippen LogP contribution is 2.43. The third-order valence-corrected chi connectivity index (χ3v) is 6.41. The predicted molar refractivity (Wildman–Crippen MR) is 108 cm³/mol. The van der Waals surface area contributed by atoms with Gasteiger partial charge in [-0.25, -0.2) is 13.6 Å². The van der Waals surface area contributed by atoms with Gasteiger partial charge >= 0.3 is 6.09 Å². The maximum atomic E-state index is 13.6. The fourth-order valence-electron chi connectivity index (χ4n) is 4.73. The molecule has 2 atom stereocenters. The lowest BCUT2D eigenvalue weighted by atomic mass is 9.89. The first-order chi connectivity index (χ1) is 14.4. The molecule has 0 aromatic heterocycles. The number of piperazine rings is 1. The molecule has 160 valence electrons. The summed E-state index contributed by atoms with van der Waals surface area (Å²) in [4.78, 5) is 15.1. The Morgan fingerprint density at radius 2 is 1.80 bits per heavy atom. The molecule has 1 aliphatic heterocycles. The van der Waals surface area contributed by atoms with E-state index in [1.54, 1.807) is 6.92 Å². The van der Waals surface area contributed by atoms with Crippen LogP contribution in [0.3, 0.4) is 0 Å². The van der Waals surface area contributed by atoms with Gasteiger partial charge in [0.15, 0.2) is 0 Å². The molecule has 1 heterocycles. The molecule has 30 heavy (non-hydrogen) atoms. The average molecular weight is 416 g/mol. The zero-order chi connectivity index (χ0) is 21.3. The molecule has 1 aliphatic carbocycles. The SMILES string of the molecule is CC(OC[C@]1(N2CCN(C(=O)O)CC2)CCc2ccccc21)c1cc(F)cc(F)c1. The number of ether oxygens (including phenoxy) is 1. The molecular weight excluding hydrogens is 390 g/mol. The van der Waals surface area contributed by atoms with Crippen LogP contribution in [0.5, 0.6) is 0 Å². The zero-order valence-electron chi connectivity index (χ0n) is 17.0. The van der Waals surface area contributed by atoms with Crippen molar-refractivity contribution in [1.29, 1.82) is 0 Å². The van der Waals surface area contributed by atoms with Gasteiger partial charge in [0.1, 0.15) is 11.6 Å². The van der Waals surface area contributed by atoms with Gasteiger partial charge in [0.05, 0.1) is 18.2 Å². The first-order valence-electron chi connectivity index (χ1n) is 10.3. The Labute approximate surface area is 174 Å². The number of halogens is 2. The number of carbonyl (C=O) groups is 1. The molecular formula is C23H26F2N2O3. The van der Waals surface area contributed by atoms with E-state index in [4.69, 9.17) is 4.74 Å². The van der Waals surface area contributed by atoms with Gasteiger partial charge in [-0.05, 0) is 48.6 Å². The molecule has 1 fully saturated rings. The molecule has 1 N–H and O–H groups in total. The molecule has 4 rings (SSSR count). The maximum absolute atomic E-state index is 13.6. The standard InChI is InChI=1S/C23H26F2N2O3/c1-16(18-12-19(24)14-20(25)13-18)30-15-23(7-6-17-4-2-3-5-21(17)23)27-10-8-26(9-11-27)22(28)29/h2-5,12-14,16H,6-11,15H2,1H3,(H,28,29)/t16?,23-/m1/s1. The van der Waals surface area contributed by atoms with Gasteiger partial charge in [-0.15, -0.1) is 0 Å². The molecule has 1 unspecified atom stereocenters. The second-order valence-corrected chi connectivity index (χ2v) is 8.10. The molecule has 0 spiro atoms. The molecule has 2 aliphatic rings. The lowest BCUT2D eigenvalue weighted by Gasteiger charge is -2.46. The molecule has 1 saturated heterocycles. The van der Waals surface area contributed by atoms with Crippen molar-refractivity contribution in [3.8, 4) is 0 Å². The monoisotopic (exact) mass is 416 g/mol. The van der Waals surface area contributed by atoms with Crippen LogP contribution in [-0.2, 0) is 16.7 Å². The fraction of sp³-hybridized carbons (Fsp3) is 0.435. The second-order valence-electron chi connectivity index (χ2n) is 8.10. The van der Waals surface area contributed by atoms with E-state index in [1.807, 2.05) is 12.1 Å². The largest absolute Gasteiger partial charge is 0.465 e. The number of rotatable bonds is 5. The number of nitrogens with zero attached hydrogens (tertiary/aromatic N) is 2. The highest BCUT2D eigenvalue weighted by atomic mass is 19.1. The van der Waals surface area contributed by atoms with Crippen LogP contribution >= 0.6 is 0 Å². The fourth-order valence-corrected chi connectivity index (χ4v) is 4.73. The first-order valence-corrected chi connectivity index (χ1v) is 10.3. The van der Waals surface area contributed by atoms with Crippen molar-refractivity contribution in [2.45, 2.75) is 31.4 Å². The van der Waals surface area contributed by atoms with Crippen LogP contribution in [-0.4, -0.2) is 53.8 Å². The first kappa shape index (κ1) is 20.8. The van der Waals surface area contributed by atoms with Crippen LogP contribution in [0.4, 0.5) is 13.6 Å². The molecule has 7 heteroatoms. The van der Waals surface area contributed by atoms with Crippen LogP contribution in [0.15, 0.2) is 42.5 Å². The topological polar surface area (TPSA) is 53.0 Å². The molecule has 2 aromatic rings. The lowest BCUT2D eigenvalue weighted by Crippen LogP contribution is -2.57. The summed E-state index contributed by atoms with van der Waals surface area (Å²) in [6.07, 6.45) is 0.416. The third kappa shape index (κ3) is 3.91. The van der Waals surface area contributed by atoms with Gasteiger partial charge < -0.3 is 14.7 Å². The number of hydrogen-bond acceptors (Lipinski definition) is 3. The maximum Gasteiger partial charge on any atom is 0.407 e. The Morgan fingerprint density at radius 1 is 1.13 bits per heavy atom. The van der Waals surface area contributed by atoms with Crippen molar-refractivity contribution in [1.82, 2.24) is 9.80 Å². The third-order valence-electron chi connectivity index (χ3n) is 6.41. The smallest absolute Gasteiger partial charge is 0.407 e. The summed E-state index contributed by atoms with van der Waals surface area (Å²) in [5.74, 6) is -1.24. The molecule has 5 nitrogen and oxygen atoms in total. The van der Waals surface area contributed by atoms with E-state index < -0.39 is 23.8 Å². The van der Waals surface area contributed by atoms with Crippen LogP contribution < -0.4 is 0 Å². The van der Waals surface area contributed by atoms with Gasteiger partial charge in [-0.3, -0.25) is 4.90 Å². The molecule has 1 amide bonds. The van der Waals surface area contributed by atoms with Crippen molar-refractivity contribution in [3.63, 3.8) is 0 Å². The number of amides is 1. The number of hydrogen-bond donors (Lipinski definition) is 1. The molecule has 0 bridgehead atoms. The van der Waals surface area contributed by atoms with Crippen LogP contribution in [0.1, 0.15) is 36.1 Å². The Kier molecular flexibility index (Phi) is 5.75. The second kappa shape index (κ2) is 8.32. The van der Waals surface area contributed by atoms with E-state index in [1.165, 1.54) is 28.2 Å². The summed E-state index contributed by atoms with van der Waals surface area (Å²) in [6, 6.07) is 11.7. The van der Waals surface area contributed by atoms with Crippen LogP contribution in [0.2, 0.25) is 0 Å². The van der Waals surface area contributed by atoms with Crippen molar-refractivity contribution < 1.29 is 23.4 Å². The Morgan fingerprint density at radius 3 is 2.47 bits per heavy atom. The lowest BCUT2D eigenvalue weighted by molar-refractivity contribution is -0.0547. The van der Waals surface area contributed by atoms with Crippen molar-refractivity contribution in [2.75, 3.05) is 32.8 Å². The summed E-state index contributed by atoms with van der Waals surface area (Å²) in [7, 11) is 0. The van der Waals surface area contributed by atoms with Crippen molar-refractivity contribution in [2.24, 2.45) is 0 Å². The summed E-state index contributed by atoms with van der Waals surface area (Å²) >= 11 is 0. The van der Waals surface area contributed by atoms with E-state index in [2.05, 4.69) is 17.0 Å². The minimum absolute atomic E-state index is 0.371. The van der Waals surface area contributed by atoms with E-state index in [9.17, 15) is 18.7 Å². The van der Waals surface area contributed by atoms with Crippen molar-refractivity contribution in [3.05, 3.63) is 70.8 Å². The molecule has 0 radical (unpaired) electrons. The Bertz CT molecular complexity index is 910. The number of aryl methyl sites for hydroxylation is 1. The summed E-state index contributed by atoms with van der Waals surface area (Å²) in [6.45, 7) is 4.30. The summed E-state index contributed by atoms with van der Waals surface area (Å²) in [5.41, 5.74) is 2.56. The number of carboxylic acid groups (broad SMARTS) is 1. The highest BCUT2D eigenvalue weighted by molar-refractivity contribution is 5.65. The van der Waals surface area contributed by atoms with E-state index in [0.29, 0.717) is 38.3 Å². The summed E-state index contributed by atoms with van der Waals surface area (Å²) < 4.78 is 33.5. The van der Waals surface area contributed by atoms with E-state index in [0.717, 1.165) is 18.9 Å².